The smallest absolute Gasteiger partial charge is 0.387 e. The fourth-order valence-corrected chi connectivity index (χ4v) is 2.83. The van der Waals surface area contributed by atoms with E-state index in [4.69, 9.17) is 0 Å². The van der Waals surface area contributed by atoms with Crippen LogP contribution in [0.4, 0.5) is 8.78 Å². The number of hydrogen-bond donors (Lipinski definition) is 2. The van der Waals surface area contributed by atoms with Gasteiger partial charge in [0, 0.05) is 32.1 Å². The van der Waals surface area contributed by atoms with E-state index >= 15 is 0 Å². The Bertz CT molecular complexity index is 625. The summed E-state index contributed by atoms with van der Waals surface area (Å²) in [7, 11) is 0. The third-order valence-electron chi connectivity index (χ3n) is 4.07. The van der Waals surface area contributed by atoms with E-state index in [0.717, 1.165) is 18.5 Å². The average Bonchev–Trinajstić information content (AvgIpc) is 3.07. The van der Waals surface area contributed by atoms with Crippen molar-refractivity contribution in [3.05, 3.63) is 29.8 Å². The molecule has 0 spiro atoms. The molecule has 2 N–H and O–H groups in total. The maximum absolute atomic E-state index is 12.3. The number of aliphatic imine (C=N–C) groups is 1. The lowest BCUT2D eigenvalue weighted by atomic mass is 10.2. The van der Waals surface area contributed by atoms with E-state index in [1.165, 1.54) is 6.07 Å². The Kier molecular flexibility index (Phi) is 7.62. The molecule has 0 aromatic heterocycles. The van der Waals surface area contributed by atoms with Crippen molar-refractivity contribution in [3.8, 4) is 5.75 Å². The number of alkyl halides is 2. The van der Waals surface area contributed by atoms with Crippen LogP contribution in [0.15, 0.2) is 29.3 Å². The van der Waals surface area contributed by atoms with Crippen LogP contribution in [-0.4, -0.2) is 49.1 Å². The van der Waals surface area contributed by atoms with Gasteiger partial charge in [-0.05, 0) is 31.0 Å². The summed E-state index contributed by atoms with van der Waals surface area (Å²) >= 11 is 0. The van der Waals surface area contributed by atoms with E-state index < -0.39 is 6.61 Å². The first kappa shape index (κ1) is 19.9. The molecule has 1 aliphatic rings. The lowest BCUT2D eigenvalue weighted by molar-refractivity contribution is -0.129. The molecule has 1 aliphatic heterocycles. The predicted molar refractivity (Wildman–Crippen MR) is 96.3 cm³/mol. The number of hydrogen-bond acceptors (Lipinski definition) is 3. The van der Waals surface area contributed by atoms with Crippen molar-refractivity contribution in [1.29, 1.82) is 0 Å². The molecule has 1 heterocycles. The second-order valence-corrected chi connectivity index (χ2v) is 6.04. The molecule has 1 aromatic rings. The van der Waals surface area contributed by atoms with Gasteiger partial charge in [0.15, 0.2) is 5.96 Å². The van der Waals surface area contributed by atoms with E-state index in [1.54, 1.807) is 12.1 Å². The zero-order valence-corrected chi connectivity index (χ0v) is 15.2. The van der Waals surface area contributed by atoms with Gasteiger partial charge in [0.25, 0.3) is 0 Å². The number of rotatable bonds is 7. The van der Waals surface area contributed by atoms with Gasteiger partial charge in [0.1, 0.15) is 5.75 Å². The summed E-state index contributed by atoms with van der Waals surface area (Å²) in [6.45, 7) is 3.43. The zero-order chi connectivity index (χ0) is 18.9. The van der Waals surface area contributed by atoms with Crippen LogP contribution in [0, 0.1) is 0 Å². The van der Waals surface area contributed by atoms with Crippen molar-refractivity contribution in [2.45, 2.75) is 45.9 Å². The van der Waals surface area contributed by atoms with Crippen molar-refractivity contribution >= 4 is 11.9 Å². The second-order valence-electron chi connectivity index (χ2n) is 6.04. The van der Waals surface area contributed by atoms with E-state index in [-0.39, 0.29) is 17.7 Å². The minimum atomic E-state index is -2.84. The minimum absolute atomic E-state index is 0.121. The molecule has 0 radical (unpaired) electrons. The number of nitrogens with one attached hydrogen (secondary N) is 2. The van der Waals surface area contributed by atoms with E-state index in [2.05, 4.69) is 20.4 Å². The highest BCUT2D eigenvalue weighted by atomic mass is 19.3. The second kappa shape index (κ2) is 9.94. The number of carbonyl (C=O) groups is 1. The summed E-state index contributed by atoms with van der Waals surface area (Å²) in [5, 5.41) is 6.51. The van der Waals surface area contributed by atoms with E-state index in [0.29, 0.717) is 32.0 Å². The SMILES string of the molecule is CCNC(=NCc1cccc(OC(F)F)c1)NC1CCN(C(=O)CC)C1. The maximum atomic E-state index is 12.3. The molecule has 1 unspecified atom stereocenters. The quantitative estimate of drug-likeness (QED) is 0.573. The van der Waals surface area contributed by atoms with E-state index in [1.807, 2.05) is 24.8 Å². The van der Waals surface area contributed by atoms with Crippen molar-refractivity contribution in [3.63, 3.8) is 0 Å². The summed E-state index contributed by atoms with van der Waals surface area (Å²) in [5.74, 6) is 0.922. The fourth-order valence-electron chi connectivity index (χ4n) is 2.83. The molecule has 1 aromatic carbocycles. The molecule has 8 heteroatoms. The van der Waals surface area contributed by atoms with Crippen LogP contribution in [0.5, 0.6) is 5.75 Å². The lowest BCUT2D eigenvalue weighted by Gasteiger charge is -2.18. The molecular weight excluding hydrogens is 342 g/mol. The molecule has 0 aliphatic carbocycles. The normalized spacial score (nSPS) is 17.5. The van der Waals surface area contributed by atoms with Crippen LogP contribution in [0.2, 0.25) is 0 Å². The summed E-state index contributed by atoms with van der Waals surface area (Å²) in [4.78, 5) is 18.1. The first-order chi connectivity index (χ1) is 12.5. The molecule has 144 valence electrons. The van der Waals surface area contributed by atoms with Gasteiger partial charge < -0.3 is 20.3 Å². The first-order valence-electron chi connectivity index (χ1n) is 8.88. The number of guanidine groups is 1. The number of likely N-dealkylation sites (tertiary alicyclic amines) is 1. The summed E-state index contributed by atoms with van der Waals surface area (Å²) in [6.07, 6.45) is 1.38. The third kappa shape index (κ3) is 6.16. The molecule has 0 bridgehead atoms. The van der Waals surface area contributed by atoms with Gasteiger partial charge in [-0.25, -0.2) is 4.99 Å². The van der Waals surface area contributed by atoms with Gasteiger partial charge in [0.05, 0.1) is 6.54 Å². The topological polar surface area (TPSA) is 66.0 Å². The highest BCUT2D eigenvalue weighted by Gasteiger charge is 2.25. The van der Waals surface area contributed by atoms with Gasteiger partial charge in [-0.3, -0.25) is 4.79 Å². The van der Waals surface area contributed by atoms with E-state index in [9.17, 15) is 13.6 Å². The van der Waals surface area contributed by atoms with Gasteiger partial charge in [-0.2, -0.15) is 8.78 Å². The fraction of sp³-hybridized carbons (Fsp3) is 0.556. The number of nitrogens with zero attached hydrogens (tertiary/aromatic N) is 2. The van der Waals surface area contributed by atoms with Gasteiger partial charge in [0.2, 0.25) is 5.91 Å². The zero-order valence-electron chi connectivity index (χ0n) is 15.2. The van der Waals surface area contributed by atoms with Crippen LogP contribution in [-0.2, 0) is 11.3 Å². The predicted octanol–water partition coefficient (Wildman–Crippen LogP) is 2.35. The molecule has 1 amide bonds. The number of halogens is 2. The monoisotopic (exact) mass is 368 g/mol. The minimum Gasteiger partial charge on any atom is -0.435 e. The molecule has 1 fully saturated rings. The Morgan fingerprint density at radius 1 is 1.42 bits per heavy atom. The molecule has 2 rings (SSSR count). The highest BCUT2D eigenvalue weighted by Crippen LogP contribution is 2.16. The Morgan fingerprint density at radius 2 is 2.23 bits per heavy atom. The third-order valence-corrected chi connectivity index (χ3v) is 4.07. The van der Waals surface area contributed by atoms with Crippen molar-refractivity contribution in [2.24, 2.45) is 4.99 Å². The molecule has 1 saturated heterocycles. The van der Waals surface area contributed by atoms with Gasteiger partial charge in [-0.15, -0.1) is 0 Å². The Labute approximate surface area is 152 Å². The average molecular weight is 368 g/mol. The van der Waals surface area contributed by atoms with Gasteiger partial charge in [-0.1, -0.05) is 19.1 Å². The van der Waals surface area contributed by atoms with Crippen LogP contribution in [0.3, 0.4) is 0 Å². The molecular formula is C18H26F2N4O2. The first-order valence-corrected chi connectivity index (χ1v) is 8.88. The number of ether oxygens (including phenoxy) is 1. The molecule has 0 saturated carbocycles. The number of benzene rings is 1. The largest absolute Gasteiger partial charge is 0.435 e. The maximum Gasteiger partial charge on any atom is 0.387 e. The van der Waals surface area contributed by atoms with Crippen molar-refractivity contribution in [2.75, 3.05) is 19.6 Å². The lowest BCUT2D eigenvalue weighted by Crippen LogP contribution is -2.45. The molecule has 6 nitrogen and oxygen atoms in total. The Hall–Kier alpha value is -2.38. The Morgan fingerprint density at radius 3 is 2.92 bits per heavy atom. The Balaban J connectivity index is 1.95. The molecule has 26 heavy (non-hydrogen) atoms. The van der Waals surface area contributed by atoms with Crippen LogP contribution in [0.25, 0.3) is 0 Å². The summed E-state index contributed by atoms with van der Waals surface area (Å²) in [5.41, 5.74) is 0.773. The van der Waals surface area contributed by atoms with Crippen LogP contribution < -0.4 is 15.4 Å². The van der Waals surface area contributed by atoms with Crippen LogP contribution >= 0.6 is 0 Å². The van der Waals surface area contributed by atoms with Gasteiger partial charge >= 0.3 is 6.61 Å². The summed E-state index contributed by atoms with van der Waals surface area (Å²) in [6, 6.07) is 6.66. The highest BCUT2D eigenvalue weighted by molar-refractivity contribution is 5.80. The summed E-state index contributed by atoms with van der Waals surface area (Å²) < 4.78 is 29.0. The standard InChI is InChI=1S/C18H26F2N4O2/c1-3-16(25)24-9-8-14(12-24)23-18(21-4-2)22-11-13-6-5-7-15(10-13)26-17(19)20/h5-7,10,14,17H,3-4,8-9,11-12H2,1-2H3,(H2,21,22,23). The number of amides is 1. The van der Waals surface area contributed by atoms with Crippen molar-refractivity contribution in [1.82, 2.24) is 15.5 Å². The van der Waals surface area contributed by atoms with Crippen LogP contribution in [0.1, 0.15) is 32.3 Å². The number of carbonyl (C=O) groups excluding carboxylic acids is 1. The van der Waals surface area contributed by atoms with Crippen molar-refractivity contribution < 1.29 is 18.3 Å². The molecule has 1 atom stereocenters.